The van der Waals surface area contributed by atoms with Gasteiger partial charge in [-0.05, 0) is 37.0 Å². The first-order valence-electron chi connectivity index (χ1n) is 9.29. The minimum absolute atomic E-state index is 0.101. The average Bonchev–Trinajstić information content (AvgIpc) is 3.19. The smallest absolute Gasteiger partial charge is 0.267 e. The van der Waals surface area contributed by atoms with Crippen molar-refractivity contribution in [2.24, 2.45) is 5.92 Å². The maximum Gasteiger partial charge on any atom is 0.267 e. The summed E-state index contributed by atoms with van der Waals surface area (Å²) in [5.41, 5.74) is -0.588. The third kappa shape index (κ3) is 4.27. The number of nitrogens with zero attached hydrogens (tertiary/aromatic N) is 1. The van der Waals surface area contributed by atoms with Crippen molar-refractivity contribution in [3.05, 3.63) is 54.4 Å². The SMILES string of the molecule is CC(C)C(O)(CCC1OCCCO1)c1ccn(S(=O)(=O)c2ccccc2)c1. The summed E-state index contributed by atoms with van der Waals surface area (Å²) in [6, 6.07) is 9.93. The third-order valence-electron chi connectivity index (χ3n) is 5.10. The second-order valence-electron chi connectivity index (χ2n) is 7.19. The van der Waals surface area contributed by atoms with Crippen molar-refractivity contribution in [3.8, 4) is 0 Å². The summed E-state index contributed by atoms with van der Waals surface area (Å²) in [7, 11) is -3.68. The molecule has 3 rings (SSSR count). The Kier molecular flexibility index (Phi) is 6.05. The van der Waals surface area contributed by atoms with Gasteiger partial charge in [-0.25, -0.2) is 12.4 Å². The maximum absolute atomic E-state index is 12.8. The Morgan fingerprint density at radius 1 is 1.19 bits per heavy atom. The highest BCUT2D eigenvalue weighted by Gasteiger charge is 2.35. The fourth-order valence-electron chi connectivity index (χ4n) is 3.30. The Labute approximate surface area is 160 Å². The Bertz CT molecular complexity index is 840. The molecule has 1 atom stereocenters. The van der Waals surface area contributed by atoms with E-state index in [1.807, 2.05) is 13.8 Å². The second-order valence-corrected chi connectivity index (χ2v) is 9.03. The molecule has 6 nitrogen and oxygen atoms in total. The van der Waals surface area contributed by atoms with Crippen molar-refractivity contribution < 1.29 is 23.0 Å². The van der Waals surface area contributed by atoms with Crippen LogP contribution < -0.4 is 0 Å². The quantitative estimate of drug-likeness (QED) is 0.782. The summed E-state index contributed by atoms with van der Waals surface area (Å²) >= 11 is 0. The first kappa shape index (κ1) is 20.1. The Hall–Kier alpha value is -1.67. The van der Waals surface area contributed by atoms with Crippen LogP contribution in [-0.4, -0.2) is 37.0 Å². The fourth-order valence-corrected chi connectivity index (χ4v) is 4.52. The zero-order valence-corrected chi connectivity index (χ0v) is 16.6. The van der Waals surface area contributed by atoms with Gasteiger partial charge in [-0.1, -0.05) is 32.0 Å². The lowest BCUT2D eigenvalue weighted by atomic mass is 9.81. The lowest BCUT2D eigenvalue weighted by Crippen LogP contribution is -2.34. The second kappa shape index (κ2) is 8.14. The molecule has 1 saturated heterocycles. The predicted molar refractivity (Wildman–Crippen MR) is 102 cm³/mol. The number of ether oxygens (including phenoxy) is 2. The van der Waals surface area contributed by atoms with Crippen LogP contribution in [0.5, 0.6) is 0 Å². The first-order chi connectivity index (χ1) is 12.8. The summed E-state index contributed by atoms with van der Waals surface area (Å²) in [5, 5.41) is 11.3. The topological polar surface area (TPSA) is 77.8 Å². The van der Waals surface area contributed by atoms with Gasteiger partial charge in [0.1, 0.15) is 0 Å². The normalized spacial score (nSPS) is 18.5. The highest BCUT2D eigenvalue weighted by molar-refractivity contribution is 7.90. The number of benzene rings is 1. The van der Waals surface area contributed by atoms with Gasteiger partial charge in [0.15, 0.2) is 6.29 Å². The van der Waals surface area contributed by atoms with Crippen LogP contribution in [0, 0.1) is 5.92 Å². The van der Waals surface area contributed by atoms with Gasteiger partial charge >= 0.3 is 0 Å². The van der Waals surface area contributed by atoms with E-state index in [0.29, 0.717) is 31.6 Å². The molecule has 1 aromatic carbocycles. The molecule has 0 spiro atoms. The van der Waals surface area contributed by atoms with E-state index in [2.05, 4.69) is 0 Å². The molecule has 0 aliphatic carbocycles. The summed E-state index contributed by atoms with van der Waals surface area (Å²) in [6.07, 6.45) is 4.52. The van der Waals surface area contributed by atoms with E-state index < -0.39 is 15.6 Å². The first-order valence-corrected chi connectivity index (χ1v) is 10.7. The molecule has 7 heteroatoms. The zero-order chi connectivity index (χ0) is 19.5. The van der Waals surface area contributed by atoms with Gasteiger partial charge in [-0.15, -0.1) is 0 Å². The van der Waals surface area contributed by atoms with Gasteiger partial charge in [0.25, 0.3) is 10.0 Å². The number of hydrogen-bond acceptors (Lipinski definition) is 5. The summed E-state index contributed by atoms with van der Waals surface area (Å²) in [4.78, 5) is 0.212. The zero-order valence-electron chi connectivity index (χ0n) is 15.7. The number of aliphatic hydroxyl groups is 1. The van der Waals surface area contributed by atoms with Crippen LogP contribution in [0.2, 0.25) is 0 Å². The van der Waals surface area contributed by atoms with Crippen LogP contribution in [0.25, 0.3) is 0 Å². The average molecular weight is 394 g/mol. The van der Waals surface area contributed by atoms with Crippen LogP contribution in [-0.2, 0) is 25.1 Å². The van der Waals surface area contributed by atoms with Crippen LogP contribution >= 0.6 is 0 Å². The molecular formula is C20H27NO5S. The minimum Gasteiger partial charge on any atom is -0.385 e. The molecule has 1 aliphatic rings. The predicted octanol–water partition coefficient (Wildman–Crippen LogP) is 3.11. The van der Waals surface area contributed by atoms with Crippen molar-refractivity contribution in [2.75, 3.05) is 13.2 Å². The molecule has 0 amide bonds. The largest absolute Gasteiger partial charge is 0.385 e. The van der Waals surface area contributed by atoms with E-state index in [-0.39, 0.29) is 17.1 Å². The molecular weight excluding hydrogens is 366 g/mol. The van der Waals surface area contributed by atoms with Crippen LogP contribution in [0.3, 0.4) is 0 Å². The van der Waals surface area contributed by atoms with Gasteiger partial charge in [0, 0.05) is 24.4 Å². The molecule has 148 valence electrons. The molecule has 0 radical (unpaired) electrons. The van der Waals surface area contributed by atoms with Crippen LogP contribution in [0.1, 0.15) is 38.7 Å². The van der Waals surface area contributed by atoms with E-state index in [1.54, 1.807) is 36.4 Å². The van der Waals surface area contributed by atoms with Gasteiger partial charge < -0.3 is 14.6 Å². The Balaban J connectivity index is 1.82. The van der Waals surface area contributed by atoms with Gasteiger partial charge in [-0.2, -0.15) is 0 Å². The van der Waals surface area contributed by atoms with Crippen LogP contribution in [0.4, 0.5) is 0 Å². The minimum atomic E-state index is -3.68. The number of hydrogen-bond donors (Lipinski definition) is 1. The van der Waals surface area contributed by atoms with Crippen molar-refractivity contribution in [3.63, 3.8) is 0 Å². The summed E-state index contributed by atoms with van der Waals surface area (Å²) in [6.45, 7) is 5.17. The van der Waals surface area contributed by atoms with Gasteiger partial charge in [0.2, 0.25) is 0 Å². The van der Waals surface area contributed by atoms with Crippen molar-refractivity contribution in [1.82, 2.24) is 3.97 Å². The molecule has 2 aromatic rings. The molecule has 1 N–H and O–H groups in total. The number of aromatic nitrogens is 1. The van der Waals surface area contributed by atoms with Crippen LogP contribution in [0.15, 0.2) is 53.7 Å². The van der Waals surface area contributed by atoms with E-state index in [9.17, 15) is 13.5 Å². The number of rotatable bonds is 7. The molecule has 27 heavy (non-hydrogen) atoms. The molecule has 1 aliphatic heterocycles. The maximum atomic E-state index is 12.8. The monoisotopic (exact) mass is 393 g/mol. The molecule has 0 bridgehead atoms. The van der Waals surface area contributed by atoms with E-state index in [0.717, 1.165) is 6.42 Å². The molecule has 2 heterocycles. The third-order valence-corrected chi connectivity index (χ3v) is 6.75. The van der Waals surface area contributed by atoms with Crippen molar-refractivity contribution in [1.29, 1.82) is 0 Å². The highest BCUT2D eigenvalue weighted by atomic mass is 32.2. The van der Waals surface area contributed by atoms with Gasteiger partial charge in [-0.3, -0.25) is 0 Å². The van der Waals surface area contributed by atoms with E-state index in [1.165, 1.54) is 16.4 Å². The Morgan fingerprint density at radius 3 is 2.48 bits per heavy atom. The Morgan fingerprint density at radius 2 is 1.85 bits per heavy atom. The van der Waals surface area contributed by atoms with Crippen molar-refractivity contribution >= 4 is 10.0 Å². The highest BCUT2D eigenvalue weighted by Crippen LogP contribution is 2.36. The lowest BCUT2D eigenvalue weighted by Gasteiger charge is -2.34. The van der Waals surface area contributed by atoms with Crippen molar-refractivity contribution in [2.45, 2.75) is 49.9 Å². The molecule has 1 fully saturated rings. The molecule has 0 saturated carbocycles. The van der Waals surface area contributed by atoms with Gasteiger partial charge in [0.05, 0.1) is 23.7 Å². The summed E-state index contributed by atoms with van der Waals surface area (Å²) < 4.78 is 37.9. The molecule has 1 unspecified atom stereocenters. The summed E-state index contributed by atoms with van der Waals surface area (Å²) in [5.74, 6) is -0.101. The standard InChI is InChI=1S/C20H27NO5S/c1-16(2)20(22,11-9-19-25-13-6-14-26-19)17-10-12-21(15-17)27(23,24)18-7-4-3-5-8-18/h3-5,7-8,10,12,15-16,19,22H,6,9,11,13-14H2,1-2H3. The molecule has 1 aromatic heterocycles. The van der Waals surface area contributed by atoms with E-state index in [4.69, 9.17) is 9.47 Å². The fraction of sp³-hybridized carbons (Fsp3) is 0.500. The van der Waals surface area contributed by atoms with E-state index >= 15 is 0 Å². The lowest BCUT2D eigenvalue weighted by molar-refractivity contribution is -0.188.